The molecule has 1 amide bonds. The van der Waals surface area contributed by atoms with Crippen molar-refractivity contribution in [2.75, 3.05) is 12.4 Å². The van der Waals surface area contributed by atoms with Gasteiger partial charge in [-0.25, -0.2) is 9.37 Å². The van der Waals surface area contributed by atoms with E-state index in [0.29, 0.717) is 11.4 Å². The molecule has 0 fully saturated rings. The molecule has 1 aromatic heterocycles. The van der Waals surface area contributed by atoms with Crippen LogP contribution in [0.1, 0.15) is 10.4 Å². The fourth-order valence-corrected chi connectivity index (χ4v) is 2.32. The number of aromatic nitrogens is 1. The Morgan fingerprint density at radius 1 is 1.14 bits per heavy atom. The van der Waals surface area contributed by atoms with Crippen molar-refractivity contribution < 1.29 is 23.6 Å². The summed E-state index contributed by atoms with van der Waals surface area (Å²) in [6.45, 7) is 0. The Morgan fingerprint density at radius 2 is 1.89 bits per heavy atom. The first-order chi connectivity index (χ1) is 13.5. The third-order valence-corrected chi connectivity index (χ3v) is 3.67. The Bertz CT molecular complexity index is 1010. The van der Waals surface area contributed by atoms with Gasteiger partial charge in [-0.3, -0.25) is 14.9 Å². The van der Waals surface area contributed by atoms with Gasteiger partial charge in [0.05, 0.1) is 23.9 Å². The summed E-state index contributed by atoms with van der Waals surface area (Å²) in [6.07, 6.45) is 1.37. The lowest BCUT2D eigenvalue weighted by Crippen LogP contribution is -2.12. The molecule has 3 aromatic rings. The van der Waals surface area contributed by atoms with Crippen molar-refractivity contribution in [1.29, 1.82) is 0 Å². The van der Waals surface area contributed by atoms with Gasteiger partial charge in [0.2, 0.25) is 5.88 Å². The van der Waals surface area contributed by atoms with Crippen LogP contribution in [0.2, 0.25) is 0 Å². The molecule has 0 aliphatic carbocycles. The highest BCUT2D eigenvalue weighted by Gasteiger charge is 2.18. The smallest absolute Gasteiger partial charge is 0.311 e. The van der Waals surface area contributed by atoms with Crippen molar-refractivity contribution >= 4 is 17.3 Å². The second-order valence-electron chi connectivity index (χ2n) is 5.54. The fraction of sp³-hybridized carbons (Fsp3) is 0.0526. The van der Waals surface area contributed by atoms with Crippen LogP contribution in [0.5, 0.6) is 17.4 Å². The molecule has 0 radical (unpaired) electrons. The van der Waals surface area contributed by atoms with E-state index in [1.807, 2.05) is 0 Å². The summed E-state index contributed by atoms with van der Waals surface area (Å²) in [6, 6.07) is 12.4. The van der Waals surface area contributed by atoms with E-state index >= 15 is 0 Å². The lowest BCUT2D eigenvalue weighted by molar-refractivity contribution is -0.385. The first-order valence-electron chi connectivity index (χ1n) is 7.99. The Labute approximate surface area is 158 Å². The monoisotopic (exact) mass is 383 g/mol. The number of nitro benzene ring substituents is 1. The molecule has 0 bridgehead atoms. The number of rotatable bonds is 6. The number of benzene rings is 2. The number of carbonyl (C=O) groups is 1. The fourth-order valence-electron chi connectivity index (χ4n) is 2.32. The minimum Gasteiger partial charge on any atom is -0.490 e. The van der Waals surface area contributed by atoms with E-state index in [1.165, 1.54) is 55.8 Å². The van der Waals surface area contributed by atoms with E-state index in [9.17, 15) is 19.3 Å². The molecule has 0 saturated heterocycles. The lowest BCUT2D eigenvalue weighted by atomic mass is 10.1. The van der Waals surface area contributed by atoms with Gasteiger partial charge >= 0.3 is 5.69 Å². The van der Waals surface area contributed by atoms with E-state index in [0.717, 1.165) is 6.07 Å². The van der Waals surface area contributed by atoms with Crippen LogP contribution >= 0.6 is 0 Å². The first kappa shape index (κ1) is 18.8. The highest BCUT2D eigenvalue weighted by molar-refractivity contribution is 6.04. The normalized spacial score (nSPS) is 10.2. The topological polar surface area (TPSA) is 104 Å². The minimum absolute atomic E-state index is 0.0607. The summed E-state index contributed by atoms with van der Waals surface area (Å²) in [5.41, 5.74) is 0.158. The van der Waals surface area contributed by atoms with Gasteiger partial charge in [0.25, 0.3) is 5.91 Å². The van der Waals surface area contributed by atoms with Crippen molar-refractivity contribution in [2.24, 2.45) is 0 Å². The van der Waals surface area contributed by atoms with Crippen molar-refractivity contribution in [1.82, 2.24) is 4.98 Å². The van der Waals surface area contributed by atoms with Crippen molar-refractivity contribution in [3.8, 4) is 17.4 Å². The van der Waals surface area contributed by atoms with Crippen LogP contribution in [-0.2, 0) is 0 Å². The summed E-state index contributed by atoms with van der Waals surface area (Å²) in [7, 11) is 1.31. The number of hydrogen-bond donors (Lipinski definition) is 1. The molecule has 0 unspecified atom stereocenters. The van der Waals surface area contributed by atoms with Gasteiger partial charge in [-0.05, 0) is 42.5 Å². The number of halogens is 1. The van der Waals surface area contributed by atoms with Gasteiger partial charge < -0.3 is 14.8 Å². The van der Waals surface area contributed by atoms with Crippen LogP contribution in [0.15, 0.2) is 60.8 Å². The predicted octanol–water partition coefficient (Wildman–Crippen LogP) is 4.18. The molecule has 0 atom stereocenters. The second kappa shape index (κ2) is 8.12. The quantitative estimate of drug-likeness (QED) is 0.506. The van der Waals surface area contributed by atoms with E-state index < -0.39 is 10.8 Å². The zero-order valence-corrected chi connectivity index (χ0v) is 14.6. The maximum Gasteiger partial charge on any atom is 0.311 e. The van der Waals surface area contributed by atoms with Crippen LogP contribution in [-0.4, -0.2) is 22.9 Å². The molecular weight excluding hydrogens is 369 g/mol. The highest BCUT2D eigenvalue weighted by atomic mass is 19.1. The summed E-state index contributed by atoms with van der Waals surface area (Å²) < 4.78 is 23.3. The van der Waals surface area contributed by atoms with E-state index in [-0.39, 0.29) is 28.7 Å². The third kappa shape index (κ3) is 4.39. The predicted molar refractivity (Wildman–Crippen MR) is 98.3 cm³/mol. The molecular formula is C19H14FN3O5. The van der Waals surface area contributed by atoms with Crippen LogP contribution in [0.3, 0.4) is 0 Å². The molecule has 1 heterocycles. The molecule has 9 heteroatoms. The molecule has 2 aromatic carbocycles. The number of carbonyl (C=O) groups excluding carboxylic acids is 1. The summed E-state index contributed by atoms with van der Waals surface area (Å²) in [5, 5.41) is 13.7. The Morgan fingerprint density at radius 3 is 2.50 bits per heavy atom. The maximum absolute atomic E-state index is 12.9. The molecule has 142 valence electrons. The first-order valence-corrected chi connectivity index (χ1v) is 7.99. The van der Waals surface area contributed by atoms with Gasteiger partial charge in [-0.1, -0.05) is 0 Å². The average Bonchev–Trinajstić information content (AvgIpc) is 2.70. The number of nitrogens with one attached hydrogen (secondary N) is 1. The zero-order valence-electron chi connectivity index (χ0n) is 14.6. The number of nitro groups is 1. The number of amides is 1. The van der Waals surface area contributed by atoms with Crippen molar-refractivity contribution in [3.05, 3.63) is 82.3 Å². The van der Waals surface area contributed by atoms with Crippen molar-refractivity contribution in [3.63, 3.8) is 0 Å². The third-order valence-electron chi connectivity index (χ3n) is 3.67. The number of pyridine rings is 1. The van der Waals surface area contributed by atoms with Gasteiger partial charge in [0, 0.05) is 17.7 Å². The number of anilines is 1. The SMILES string of the molecule is COc1ccc(C(=O)Nc2ccc(Oc3ccc(F)cc3)nc2)cc1[N+](=O)[O-]. The van der Waals surface area contributed by atoms with Gasteiger partial charge in [0.15, 0.2) is 5.75 Å². The van der Waals surface area contributed by atoms with Gasteiger partial charge in [0.1, 0.15) is 11.6 Å². The Balaban J connectivity index is 1.70. The Hall–Kier alpha value is -4.01. The number of methoxy groups -OCH3 is 1. The average molecular weight is 383 g/mol. The summed E-state index contributed by atoms with van der Waals surface area (Å²) >= 11 is 0. The largest absolute Gasteiger partial charge is 0.490 e. The van der Waals surface area contributed by atoms with Gasteiger partial charge in [-0.15, -0.1) is 0 Å². The van der Waals surface area contributed by atoms with Crippen LogP contribution in [0, 0.1) is 15.9 Å². The van der Waals surface area contributed by atoms with Gasteiger partial charge in [-0.2, -0.15) is 0 Å². The van der Waals surface area contributed by atoms with E-state index in [1.54, 1.807) is 6.07 Å². The van der Waals surface area contributed by atoms with Crippen LogP contribution < -0.4 is 14.8 Å². The number of hydrogen-bond acceptors (Lipinski definition) is 6. The molecule has 28 heavy (non-hydrogen) atoms. The molecule has 3 rings (SSSR count). The van der Waals surface area contributed by atoms with E-state index in [2.05, 4.69) is 10.3 Å². The lowest BCUT2D eigenvalue weighted by Gasteiger charge is -2.08. The molecule has 8 nitrogen and oxygen atoms in total. The molecule has 0 aliphatic heterocycles. The summed E-state index contributed by atoms with van der Waals surface area (Å²) in [5.74, 6) is -0.191. The number of ether oxygens (including phenoxy) is 2. The summed E-state index contributed by atoms with van der Waals surface area (Å²) in [4.78, 5) is 26.8. The van der Waals surface area contributed by atoms with Crippen molar-refractivity contribution in [2.45, 2.75) is 0 Å². The standard InChI is InChI=1S/C19H14FN3O5/c1-27-17-8-2-12(10-16(17)23(25)26)19(24)22-14-5-9-18(21-11-14)28-15-6-3-13(20)4-7-15/h2-11H,1H3,(H,22,24). The highest BCUT2D eigenvalue weighted by Crippen LogP contribution is 2.28. The minimum atomic E-state index is -0.626. The number of nitrogens with zero attached hydrogens (tertiary/aromatic N) is 2. The maximum atomic E-state index is 12.9. The molecule has 0 spiro atoms. The molecule has 1 N–H and O–H groups in total. The molecule has 0 aliphatic rings. The zero-order chi connectivity index (χ0) is 20.1. The second-order valence-corrected chi connectivity index (χ2v) is 5.54. The van der Waals surface area contributed by atoms with E-state index in [4.69, 9.17) is 9.47 Å². The van der Waals surface area contributed by atoms with Crippen LogP contribution in [0.4, 0.5) is 15.8 Å². The molecule has 0 saturated carbocycles. The Kier molecular flexibility index (Phi) is 5.45. The van der Waals surface area contributed by atoms with Crippen LogP contribution in [0.25, 0.3) is 0 Å².